The summed E-state index contributed by atoms with van der Waals surface area (Å²) in [5, 5.41) is 4.57. The highest BCUT2D eigenvalue weighted by Gasteiger charge is 2.13. The second-order valence-electron chi connectivity index (χ2n) is 3.57. The van der Waals surface area contributed by atoms with Gasteiger partial charge < -0.3 is 9.47 Å². The molecule has 0 bridgehead atoms. The lowest BCUT2D eigenvalue weighted by molar-refractivity contribution is -0.163. The maximum absolute atomic E-state index is 5.69. The molecule has 2 heterocycles. The summed E-state index contributed by atoms with van der Waals surface area (Å²) in [6.45, 7) is 2.15. The normalized spacial score (nSPS) is 21.8. The molecular formula is C10H15ClN2O2. The van der Waals surface area contributed by atoms with Gasteiger partial charge in [0.25, 0.3) is 0 Å². The van der Waals surface area contributed by atoms with Crippen LogP contribution in [0, 0.1) is 0 Å². The standard InChI is InChI=1S/C10H15ClN2O2/c11-9-4-5-13(12-9)6-8-15-10-3-1-2-7-14-10/h4-5,10H,1-3,6-8H2. The van der Waals surface area contributed by atoms with Gasteiger partial charge in [0.15, 0.2) is 11.4 Å². The molecule has 5 heteroatoms. The molecule has 1 aromatic heterocycles. The first-order valence-electron chi connectivity index (χ1n) is 5.27. The molecule has 1 atom stereocenters. The monoisotopic (exact) mass is 230 g/mol. The molecule has 1 fully saturated rings. The summed E-state index contributed by atoms with van der Waals surface area (Å²) in [6, 6.07) is 1.76. The fourth-order valence-corrected chi connectivity index (χ4v) is 1.74. The van der Waals surface area contributed by atoms with Crippen molar-refractivity contribution in [3.05, 3.63) is 17.4 Å². The predicted octanol–water partition coefficient (Wildman–Crippen LogP) is 2.08. The summed E-state index contributed by atoms with van der Waals surface area (Å²) in [5.41, 5.74) is 0. The Balaban J connectivity index is 1.65. The van der Waals surface area contributed by atoms with E-state index in [1.807, 2.05) is 6.20 Å². The van der Waals surface area contributed by atoms with Gasteiger partial charge in [-0.15, -0.1) is 0 Å². The number of ether oxygens (including phenoxy) is 2. The third-order valence-corrected chi connectivity index (χ3v) is 2.57. The lowest BCUT2D eigenvalue weighted by Crippen LogP contribution is -2.24. The summed E-state index contributed by atoms with van der Waals surface area (Å²) < 4.78 is 12.8. The topological polar surface area (TPSA) is 36.3 Å². The van der Waals surface area contributed by atoms with Gasteiger partial charge >= 0.3 is 0 Å². The molecular weight excluding hydrogens is 216 g/mol. The minimum absolute atomic E-state index is 0.0233. The Kier molecular flexibility index (Phi) is 4.00. The van der Waals surface area contributed by atoms with Gasteiger partial charge in [-0.25, -0.2) is 0 Å². The third kappa shape index (κ3) is 3.48. The van der Waals surface area contributed by atoms with E-state index in [4.69, 9.17) is 21.1 Å². The minimum atomic E-state index is -0.0233. The first kappa shape index (κ1) is 10.9. The number of aromatic nitrogens is 2. The van der Waals surface area contributed by atoms with Crippen LogP contribution >= 0.6 is 11.6 Å². The molecule has 0 amide bonds. The number of hydrogen-bond donors (Lipinski definition) is 0. The van der Waals surface area contributed by atoms with Gasteiger partial charge in [-0.3, -0.25) is 4.68 Å². The number of halogens is 1. The third-order valence-electron chi connectivity index (χ3n) is 2.37. The Morgan fingerprint density at radius 2 is 2.53 bits per heavy atom. The second-order valence-corrected chi connectivity index (χ2v) is 3.96. The van der Waals surface area contributed by atoms with Crippen LogP contribution in [0.5, 0.6) is 0 Å². The molecule has 0 saturated carbocycles. The van der Waals surface area contributed by atoms with Crippen LogP contribution in [0.4, 0.5) is 0 Å². The minimum Gasteiger partial charge on any atom is -0.353 e. The number of nitrogens with zero attached hydrogens (tertiary/aromatic N) is 2. The van der Waals surface area contributed by atoms with E-state index in [0.717, 1.165) is 19.4 Å². The van der Waals surface area contributed by atoms with Crippen LogP contribution in [-0.2, 0) is 16.0 Å². The SMILES string of the molecule is Clc1ccn(CCOC2CCCCO2)n1. The molecule has 0 aliphatic carbocycles. The second kappa shape index (κ2) is 5.49. The van der Waals surface area contributed by atoms with Crippen molar-refractivity contribution in [1.29, 1.82) is 0 Å². The molecule has 0 spiro atoms. The molecule has 1 saturated heterocycles. The maximum Gasteiger partial charge on any atom is 0.157 e. The average molecular weight is 231 g/mol. The molecule has 0 radical (unpaired) electrons. The molecule has 1 aliphatic heterocycles. The number of rotatable bonds is 4. The van der Waals surface area contributed by atoms with Crippen LogP contribution in [-0.4, -0.2) is 29.3 Å². The summed E-state index contributed by atoms with van der Waals surface area (Å²) in [4.78, 5) is 0. The van der Waals surface area contributed by atoms with Gasteiger partial charge in [0, 0.05) is 12.8 Å². The van der Waals surface area contributed by atoms with Crippen LogP contribution in [0.1, 0.15) is 19.3 Å². The molecule has 15 heavy (non-hydrogen) atoms. The molecule has 84 valence electrons. The van der Waals surface area contributed by atoms with Crippen molar-refractivity contribution in [3.8, 4) is 0 Å². The van der Waals surface area contributed by atoms with E-state index in [9.17, 15) is 0 Å². The highest BCUT2D eigenvalue weighted by Crippen LogP contribution is 2.13. The lowest BCUT2D eigenvalue weighted by Gasteiger charge is -2.22. The number of hydrogen-bond acceptors (Lipinski definition) is 3. The van der Waals surface area contributed by atoms with E-state index < -0.39 is 0 Å². The molecule has 0 aromatic carbocycles. The van der Waals surface area contributed by atoms with Gasteiger partial charge in [-0.1, -0.05) is 11.6 Å². The van der Waals surface area contributed by atoms with Crippen LogP contribution in [0.3, 0.4) is 0 Å². The van der Waals surface area contributed by atoms with Crippen molar-refractivity contribution in [2.75, 3.05) is 13.2 Å². The van der Waals surface area contributed by atoms with Gasteiger partial charge in [-0.05, 0) is 25.3 Å². The summed E-state index contributed by atoms with van der Waals surface area (Å²) >= 11 is 5.69. The van der Waals surface area contributed by atoms with Crippen molar-refractivity contribution in [2.24, 2.45) is 0 Å². The largest absolute Gasteiger partial charge is 0.353 e. The van der Waals surface area contributed by atoms with E-state index in [1.54, 1.807) is 10.7 Å². The lowest BCUT2D eigenvalue weighted by atomic mass is 10.2. The van der Waals surface area contributed by atoms with Crippen LogP contribution < -0.4 is 0 Å². The van der Waals surface area contributed by atoms with Crippen molar-refractivity contribution in [2.45, 2.75) is 32.1 Å². The maximum atomic E-state index is 5.69. The van der Waals surface area contributed by atoms with Gasteiger partial charge in [0.05, 0.1) is 13.2 Å². The zero-order valence-corrected chi connectivity index (χ0v) is 9.32. The van der Waals surface area contributed by atoms with E-state index in [0.29, 0.717) is 18.3 Å². The van der Waals surface area contributed by atoms with E-state index in [2.05, 4.69) is 5.10 Å². The zero-order valence-electron chi connectivity index (χ0n) is 8.56. The Labute approximate surface area is 94.1 Å². The van der Waals surface area contributed by atoms with E-state index in [1.165, 1.54) is 6.42 Å². The molecule has 1 unspecified atom stereocenters. The fraction of sp³-hybridized carbons (Fsp3) is 0.700. The summed E-state index contributed by atoms with van der Waals surface area (Å²) in [5.74, 6) is 0. The first-order valence-corrected chi connectivity index (χ1v) is 5.64. The van der Waals surface area contributed by atoms with E-state index in [-0.39, 0.29) is 6.29 Å². The Bertz CT molecular complexity index is 297. The highest BCUT2D eigenvalue weighted by molar-refractivity contribution is 6.29. The molecule has 2 rings (SSSR count). The van der Waals surface area contributed by atoms with Gasteiger partial charge in [0.2, 0.25) is 0 Å². The summed E-state index contributed by atoms with van der Waals surface area (Å²) in [7, 11) is 0. The molecule has 0 N–H and O–H groups in total. The summed E-state index contributed by atoms with van der Waals surface area (Å²) in [6.07, 6.45) is 5.16. The van der Waals surface area contributed by atoms with Crippen molar-refractivity contribution in [3.63, 3.8) is 0 Å². The van der Waals surface area contributed by atoms with Crippen LogP contribution in [0.25, 0.3) is 0 Å². The Hall–Kier alpha value is -0.580. The zero-order chi connectivity index (χ0) is 10.5. The quantitative estimate of drug-likeness (QED) is 0.795. The molecule has 4 nitrogen and oxygen atoms in total. The molecule has 1 aliphatic rings. The smallest absolute Gasteiger partial charge is 0.157 e. The Morgan fingerprint density at radius 1 is 1.60 bits per heavy atom. The van der Waals surface area contributed by atoms with Gasteiger partial charge in [-0.2, -0.15) is 5.10 Å². The van der Waals surface area contributed by atoms with Crippen LogP contribution in [0.2, 0.25) is 5.15 Å². The predicted molar refractivity (Wildman–Crippen MR) is 56.8 cm³/mol. The van der Waals surface area contributed by atoms with Crippen molar-refractivity contribution < 1.29 is 9.47 Å². The van der Waals surface area contributed by atoms with E-state index >= 15 is 0 Å². The average Bonchev–Trinajstić information content (AvgIpc) is 2.66. The van der Waals surface area contributed by atoms with Crippen molar-refractivity contribution >= 4 is 11.6 Å². The Morgan fingerprint density at radius 3 is 3.20 bits per heavy atom. The molecule has 1 aromatic rings. The fourth-order valence-electron chi connectivity index (χ4n) is 1.58. The highest BCUT2D eigenvalue weighted by atomic mass is 35.5. The van der Waals surface area contributed by atoms with Gasteiger partial charge in [0.1, 0.15) is 0 Å². The van der Waals surface area contributed by atoms with Crippen molar-refractivity contribution in [1.82, 2.24) is 9.78 Å². The first-order chi connectivity index (χ1) is 7.34. The van der Waals surface area contributed by atoms with Crippen LogP contribution in [0.15, 0.2) is 12.3 Å².